The Morgan fingerprint density at radius 2 is 0.966 bits per heavy atom. The van der Waals surface area contributed by atoms with E-state index < -0.39 is 13.9 Å². The van der Waals surface area contributed by atoms with Crippen molar-refractivity contribution in [1.29, 1.82) is 0 Å². The number of carbonyl (C=O) groups excluding carboxylic acids is 1. The summed E-state index contributed by atoms with van der Waals surface area (Å²) in [6.45, 7) is 4.75. The first-order valence-corrected chi connectivity index (χ1v) is 24.9. The fraction of sp³-hybridized carbons (Fsp3) is 0.735. The lowest BCUT2D eigenvalue weighted by Gasteiger charge is -2.20. The van der Waals surface area contributed by atoms with Gasteiger partial charge in [-0.25, -0.2) is 4.57 Å². The van der Waals surface area contributed by atoms with Crippen LogP contribution < -0.4 is 5.73 Å². The molecule has 0 saturated carbocycles. The number of esters is 1. The second kappa shape index (κ2) is 46.0. The first kappa shape index (κ1) is 55.9. The maximum atomic E-state index is 12.6. The van der Waals surface area contributed by atoms with Crippen LogP contribution >= 0.6 is 7.82 Å². The number of hydrogen-bond donors (Lipinski definition) is 2. The smallest absolute Gasteiger partial charge is 0.457 e. The van der Waals surface area contributed by atoms with Crippen LogP contribution in [0.3, 0.4) is 0 Å². The van der Waals surface area contributed by atoms with E-state index in [1.807, 2.05) is 0 Å². The van der Waals surface area contributed by atoms with Gasteiger partial charge in [0.25, 0.3) is 0 Å². The Morgan fingerprint density at radius 1 is 0.534 bits per heavy atom. The quantitative estimate of drug-likeness (QED) is 0.0270. The van der Waals surface area contributed by atoms with Crippen molar-refractivity contribution in [2.45, 2.75) is 200 Å². The molecule has 0 bridgehead atoms. The zero-order valence-corrected chi connectivity index (χ0v) is 38.2. The second-order valence-electron chi connectivity index (χ2n) is 15.2. The molecule has 0 rings (SSSR count). The Balaban J connectivity index is 4.04. The molecule has 0 fully saturated rings. The predicted molar refractivity (Wildman–Crippen MR) is 247 cm³/mol. The molecule has 2 unspecified atom stereocenters. The van der Waals surface area contributed by atoms with Crippen LogP contribution in [-0.2, 0) is 27.9 Å². The molecule has 0 amide bonds. The van der Waals surface area contributed by atoms with Crippen molar-refractivity contribution in [2.75, 3.05) is 33.0 Å². The molecule has 336 valence electrons. The molecule has 3 N–H and O–H groups in total. The van der Waals surface area contributed by atoms with Crippen LogP contribution in [0.5, 0.6) is 0 Å². The summed E-state index contributed by atoms with van der Waals surface area (Å²) in [6.07, 6.45) is 57.8. The van der Waals surface area contributed by atoms with Gasteiger partial charge in [-0.05, 0) is 83.5 Å². The van der Waals surface area contributed by atoms with Gasteiger partial charge in [0.05, 0.1) is 19.8 Å². The summed E-state index contributed by atoms with van der Waals surface area (Å²) < 4.78 is 33.5. The zero-order valence-electron chi connectivity index (χ0n) is 37.3. The maximum absolute atomic E-state index is 12.6. The van der Waals surface area contributed by atoms with Crippen LogP contribution in [0.15, 0.2) is 72.9 Å². The van der Waals surface area contributed by atoms with E-state index in [0.717, 1.165) is 77.0 Å². The molecule has 0 aliphatic rings. The van der Waals surface area contributed by atoms with Gasteiger partial charge in [0.1, 0.15) is 6.10 Å². The lowest BCUT2D eigenvalue weighted by atomic mass is 10.1. The molecule has 0 aromatic rings. The second-order valence-corrected chi connectivity index (χ2v) is 16.7. The summed E-state index contributed by atoms with van der Waals surface area (Å²) in [6, 6.07) is 0. The van der Waals surface area contributed by atoms with E-state index >= 15 is 0 Å². The van der Waals surface area contributed by atoms with Gasteiger partial charge >= 0.3 is 13.8 Å². The minimum absolute atomic E-state index is 0.0928. The molecule has 0 heterocycles. The molecule has 0 saturated heterocycles. The molecular formula is C49H88NO7P. The number of hydrogen-bond acceptors (Lipinski definition) is 7. The number of rotatable bonds is 44. The van der Waals surface area contributed by atoms with Crippen LogP contribution in [0.1, 0.15) is 194 Å². The monoisotopic (exact) mass is 834 g/mol. The highest BCUT2D eigenvalue weighted by atomic mass is 31.2. The SMILES string of the molecule is CC/C=C\C/C=C\C/C=C\C/C=C\CCCCCCCOCC(COP(=O)(O)OCCN)OC(=O)CCCCCCCCCCC/C=C\C/C=C\CCCCCCC. The third kappa shape index (κ3) is 45.0. The van der Waals surface area contributed by atoms with Crippen LogP contribution in [-0.4, -0.2) is 49.9 Å². The molecule has 0 aliphatic heterocycles. The third-order valence-corrected chi connectivity index (χ3v) is 10.6. The van der Waals surface area contributed by atoms with Gasteiger partial charge in [-0.1, -0.05) is 177 Å². The lowest BCUT2D eigenvalue weighted by molar-refractivity contribution is -0.154. The zero-order chi connectivity index (χ0) is 42.3. The Hall–Kier alpha value is -2.06. The summed E-state index contributed by atoms with van der Waals surface area (Å²) in [5, 5.41) is 0. The van der Waals surface area contributed by atoms with Gasteiger partial charge in [-0.2, -0.15) is 0 Å². The lowest BCUT2D eigenvalue weighted by Crippen LogP contribution is -2.28. The van der Waals surface area contributed by atoms with E-state index in [2.05, 4.69) is 86.8 Å². The minimum atomic E-state index is -4.29. The maximum Gasteiger partial charge on any atom is 0.472 e. The van der Waals surface area contributed by atoms with Crippen LogP contribution in [0.2, 0.25) is 0 Å². The molecule has 0 aliphatic carbocycles. The topological polar surface area (TPSA) is 117 Å². The Kier molecular flexibility index (Phi) is 44.4. The fourth-order valence-corrected chi connectivity index (χ4v) is 6.96. The number of phosphoric ester groups is 1. The van der Waals surface area contributed by atoms with Gasteiger partial charge in [-0.3, -0.25) is 13.8 Å². The van der Waals surface area contributed by atoms with E-state index in [9.17, 15) is 14.3 Å². The molecule has 58 heavy (non-hydrogen) atoms. The molecule has 0 spiro atoms. The first-order valence-electron chi connectivity index (χ1n) is 23.4. The molecule has 0 aromatic heterocycles. The van der Waals surface area contributed by atoms with Crippen LogP contribution in [0, 0.1) is 0 Å². The van der Waals surface area contributed by atoms with Crippen molar-refractivity contribution >= 4 is 13.8 Å². The Morgan fingerprint density at radius 3 is 1.45 bits per heavy atom. The average molecular weight is 834 g/mol. The van der Waals surface area contributed by atoms with Crippen molar-refractivity contribution in [1.82, 2.24) is 0 Å². The standard InChI is InChI=1S/C49H88NO7P/c1-3-5-7-9-11-13-15-17-19-21-23-24-25-26-28-30-32-34-36-38-40-42-49(51)57-48(47-56-58(52,53)55-45-43-50)46-54-44-41-39-37-35-33-31-29-27-22-20-18-16-14-12-10-8-6-4-2/h6,8,12,14-15,17-18,20-21,23,27,29,48H,3-5,7,9-11,13,16,19,22,24-26,28,30-47,50H2,1-2H3,(H,52,53)/b8-6-,14-12-,17-15-,20-18-,23-21-,29-27-. The molecule has 0 radical (unpaired) electrons. The Bertz CT molecular complexity index is 1120. The molecular weight excluding hydrogens is 746 g/mol. The fourth-order valence-electron chi connectivity index (χ4n) is 6.19. The summed E-state index contributed by atoms with van der Waals surface area (Å²) in [4.78, 5) is 22.5. The Labute approximate surface area is 356 Å². The summed E-state index contributed by atoms with van der Waals surface area (Å²) in [5.41, 5.74) is 5.38. The largest absolute Gasteiger partial charge is 0.472 e. The van der Waals surface area contributed by atoms with Gasteiger partial charge < -0.3 is 20.1 Å². The number of nitrogens with two attached hydrogens (primary N) is 1. The van der Waals surface area contributed by atoms with Crippen molar-refractivity contribution in [2.24, 2.45) is 5.73 Å². The van der Waals surface area contributed by atoms with Crippen molar-refractivity contribution in [3.63, 3.8) is 0 Å². The molecule has 0 aromatic carbocycles. The summed E-state index contributed by atoms with van der Waals surface area (Å²) in [7, 11) is -4.29. The number of allylic oxidation sites excluding steroid dienone is 12. The molecule has 9 heteroatoms. The molecule has 8 nitrogen and oxygen atoms in total. The predicted octanol–water partition coefficient (Wildman–Crippen LogP) is 14.3. The van der Waals surface area contributed by atoms with Gasteiger partial charge in [0.2, 0.25) is 0 Å². The average Bonchev–Trinajstić information content (AvgIpc) is 3.21. The normalized spacial score (nSPS) is 14.1. The van der Waals surface area contributed by atoms with E-state index in [4.69, 9.17) is 24.3 Å². The van der Waals surface area contributed by atoms with Crippen molar-refractivity contribution in [3.8, 4) is 0 Å². The highest BCUT2D eigenvalue weighted by molar-refractivity contribution is 7.47. The number of phosphoric acid groups is 1. The number of carbonyl (C=O) groups is 1. The third-order valence-electron chi connectivity index (χ3n) is 9.61. The van der Waals surface area contributed by atoms with Gasteiger partial charge in [0, 0.05) is 19.6 Å². The minimum Gasteiger partial charge on any atom is -0.457 e. The van der Waals surface area contributed by atoms with E-state index in [1.54, 1.807) is 0 Å². The van der Waals surface area contributed by atoms with Crippen molar-refractivity contribution < 1.29 is 32.8 Å². The molecule has 2 atom stereocenters. The van der Waals surface area contributed by atoms with E-state index in [0.29, 0.717) is 13.0 Å². The van der Waals surface area contributed by atoms with Crippen LogP contribution in [0.25, 0.3) is 0 Å². The summed E-state index contributed by atoms with van der Waals surface area (Å²) >= 11 is 0. The highest BCUT2D eigenvalue weighted by Crippen LogP contribution is 2.43. The van der Waals surface area contributed by atoms with E-state index in [-0.39, 0.29) is 32.3 Å². The van der Waals surface area contributed by atoms with E-state index in [1.165, 1.54) is 96.3 Å². The first-order chi connectivity index (χ1) is 28.4. The number of unbranched alkanes of at least 4 members (excludes halogenated alkanes) is 19. The summed E-state index contributed by atoms with van der Waals surface area (Å²) in [5.74, 6) is -0.344. The number of ether oxygens (including phenoxy) is 2. The van der Waals surface area contributed by atoms with Gasteiger partial charge in [0.15, 0.2) is 0 Å². The van der Waals surface area contributed by atoms with Crippen molar-refractivity contribution in [3.05, 3.63) is 72.9 Å². The highest BCUT2D eigenvalue weighted by Gasteiger charge is 2.25. The van der Waals surface area contributed by atoms with Crippen LogP contribution in [0.4, 0.5) is 0 Å². The van der Waals surface area contributed by atoms with Gasteiger partial charge in [-0.15, -0.1) is 0 Å².